The minimum absolute atomic E-state index is 0.0922. The summed E-state index contributed by atoms with van der Waals surface area (Å²) in [5, 5.41) is 4.02. The summed E-state index contributed by atoms with van der Waals surface area (Å²) >= 11 is 5.59. The van der Waals surface area contributed by atoms with Crippen LogP contribution in [0.4, 0.5) is 0 Å². The Morgan fingerprint density at radius 2 is 1.92 bits per heavy atom. The van der Waals surface area contributed by atoms with E-state index in [0.29, 0.717) is 5.75 Å². The van der Waals surface area contributed by atoms with Crippen LogP contribution in [0.3, 0.4) is 0 Å². The first-order chi connectivity index (χ1) is 12.6. The van der Waals surface area contributed by atoms with Gasteiger partial charge in [-0.15, -0.1) is 0 Å². The Kier molecular flexibility index (Phi) is 6.45. The fourth-order valence-electron chi connectivity index (χ4n) is 2.24. The second-order valence-corrected chi connectivity index (χ2v) is 7.37. The summed E-state index contributed by atoms with van der Waals surface area (Å²) in [5.74, 6) is 0.360. The third-order valence-electron chi connectivity index (χ3n) is 3.47. The molecular weight excluding hydrogens is 509 g/mol. The standard InChI is InChI=1S/C19H15BrIN3O2/c20-14-7-9-15(10-8-14)24-11-3-4-16(24)12-22-23-19(25)13-26-18-6-2-1-5-17(18)21/h1-12H,13H2,(H,23,25)/b22-12+. The van der Waals surface area contributed by atoms with Gasteiger partial charge in [-0.25, -0.2) is 5.43 Å². The van der Waals surface area contributed by atoms with Crippen LogP contribution < -0.4 is 10.2 Å². The minimum Gasteiger partial charge on any atom is -0.483 e. The van der Waals surface area contributed by atoms with Crippen molar-refractivity contribution in [2.45, 2.75) is 0 Å². The quantitative estimate of drug-likeness (QED) is 0.296. The van der Waals surface area contributed by atoms with Gasteiger partial charge in [0.05, 0.1) is 15.5 Å². The van der Waals surface area contributed by atoms with Crippen molar-refractivity contribution in [3.8, 4) is 11.4 Å². The van der Waals surface area contributed by atoms with Crippen LogP contribution in [0.1, 0.15) is 5.69 Å². The first kappa shape index (κ1) is 18.7. The monoisotopic (exact) mass is 523 g/mol. The lowest BCUT2D eigenvalue weighted by Crippen LogP contribution is -2.24. The highest BCUT2D eigenvalue weighted by molar-refractivity contribution is 14.1. The van der Waals surface area contributed by atoms with Crippen LogP contribution in [0.15, 0.2) is 76.4 Å². The van der Waals surface area contributed by atoms with Gasteiger partial charge in [-0.05, 0) is 71.1 Å². The number of aromatic nitrogens is 1. The number of nitrogens with one attached hydrogen (secondary N) is 1. The van der Waals surface area contributed by atoms with E-state index >= 15 is 0 Å². The Balaban J connectivity index is 1.57. The van der Waals surface area contributed by atoms with Crippen molar-refractivity contribution in [2.75, 3.05) is 6.61 Å². The number of rotatable bonds is 6. The highest BCUT2D eigenvalue weighted by Gasteiger charge is 2.05. The molecule has 1 aromatic heterocycles. The molecule has 0 saturated heterocycles. The maximum absolute atomic E-state index is 11.9. The lowest BCUT2D eigenvalue weighted by molar-refractivity contribution is -0.123. The zero-order valence-corrected chi connectivity index (χ0v) is 17.3. The van der Waals surface area contributed by atoms with Crippen molar-refractivity contribution in [3.63, 3.8) is 0 Å². The van der Waals surface area contributed by atoms with Crippen LogP contribution in [0.5, 0.6) is 5.75 Å². The van der Waals surface area contributed by atoms with Crippen molar-refractivity contribution >= 4 is 50.6 Å². The molecule has 1 heterocycles. The number of para-hydroxylation sites is 1. The van der Waals surface area contributed by atoms with Gasteiger partial charge in [-0.1, -0.05) is 28.1 Å². The second-order valence-electron chi connectivity index (χ2n) is 5.29. The van der Waals surface area contributed by atoms with Crippen molar-refractivity contribution < 1.29 is 9.53 Å². The Hall–Kier alpha value is -2.13. The number of hydrogen-bond acceptors (Lipinski definition) is 3. The van der Waals surface area contributed by atoms with Crippen LogP contribution in [-0.4, -0.2) is 23.3 Å². The van der Waals surface area contributed by atoms with Gasteiger partial charge in [-0.3, -0.25) is 4.79 Å². The maximum atomic E-state index is 11.9. The number of hydrazone groups is 1. The fraction of sp³-hybridized carbons (Fsp3) is 0.0526. The molecule has 1 amide bonds. The summed E-state index contributed by atoms with van der Waals surface area (Å²) < 4.78 is 9.43. The number of carbonyl (C=O) groups excluding carboxylic acids is 1. The molecule has 0 spiro atoms. The Morgan fingerprint density at radius 1 is 1.15 bits per heavy atom. The molecule has 3 rings (SSSR count). The summed E-state index contributed by atoms with van der Waals surface area (Å²) in [6, 6.07) is 19.3. The Morgan fingerprint density at radius 3 is 2.69 bits per heavy atom. The van der Waals surface area contributed by atoms with Crippen LogP contribution in [0.25, 0.3) is 5.69 Å². The van der Waals surface area contributed by atoms with Gasteiger partial charge < -0.3 is 9.30 Å². The van der Waals surface area contributed by atoms with E-state index in [4.69, 9.17) is 4.74 Å². The van der Waals surface area contributed by atoms with Crippen LogP contribution in [-0.2, 0) is 4.79 Å². The van der Waals surface area contributed by atoms with Crippen molar-refractivity contribution in [3.05, 3.63) is 80.6 Å². The number of amides is 1. The largest absolute Gasteiger partial charge is 0.483 e. The first-order valence-electron chi connectivity index (χ1n) is 7.76. The number of benzene rings is 2. The van der Waals surface area contributed by atoms with Gasteiger partial charge in [0.25, 0.3) is 5.91 Å². The minimum atomic E-state index is -0.317. The molecule has 132 valence electrons. The van der Waals surface area contributed by atoms with E-state index in [1.807, 2.05) is 71.4 Å². The molecule has 3 aromatic rings. The van der Waals surface area contributed by atoms with Crippen molar-refractivity contribution in [2.24, 2.45) is 5.10 Å². The number of hydrogen-bond donors (Lipinski definition) is 1. The summed E-state index contributed by atoms with van der Waals surface area (Å²) in [5.41, 5.74) is 4.34. The van der Waals surface area contributed by atoms with Gasteiger partial charge in [0.2, 0.25) is 0 Å². The maximum Gasteiger partial charge on any atom is 0.277 e. The predicted octanol–water partition coefficient (Wildman–Crippen LogP) is 4.37. The molecule has 0 saturated carbocycles. The molecule has 1 N–H and O–H groups in total. The Labute approximate surface area is 173 Å². The molecule has 0 bridgehead atoms. The Bertz CT molecular complexity index is 923. The molecular formula is C19H15BrIN3O2. The first-order valence-corrected chi connectivity index (χ1v) is 9.63. The summed E-state index contributed by atoms with van der Waals surface area (Å²) in [6.45, 7) is -0.0922. The molecule has 0 aliphatic heterocycles. The molecule has 7 heteroatoms. The average molecular weight is 524 g/mol. The lowest BCUT2D eigenvalue weighted by atomic mass is 10.3. The number of carbonyl (C=O) groups is 1. The predicted molar refractivity (Wildman–Crippen MR) is 114 cm³/mol. The van der Waals surface area contributed by atoms with E-state index in [1.165, 1.54) is 0 Å². The third-order valence-corrected chi connectivity index (χ3v) is 4.89. The number of halogens is 2. The summed E-state index contributed by atoms with van der Waals surface area (Å²) in [4.78, 5) is 11.9. The highest BCUT2D eigenvalue weighted by Crippen LogP contribution is 2.19. The molecule has 26 heavy (non-hydrogen) atoms. The van der Waals surface area contributed by atoms with E-state index in [9.17, 15) is 4.79 Å². The van der Waals surface area contributed by atoms with Crippen LogP contribution in [0.2, 0.25) is 0 Å². The molecule has 2 aromatic carbocycles. The molecule has 0 aliphatic rings. The van der Waals surface area contributed by atoms with E-state index in [-0.39, 0.29) is 12.5 Å². The van der Waals surface area contributed by atoms with Crippen LogP contribution in [0, 0.1) is 3.57 Å². The SMILES string of the molecule is O=C(COc1ccccc1I)N/N=C/c1cccn1-c1ccc(Br)cc1. The molecule has 0 radical (unpaired) electrons. The van der Waals surface area contributed by atoms with Gasteiger partial charge in [0.15, 0.2) is 6.61 Å². The van der Waals surface area contributed by atoms with E-state index in [1.54, 1.807) is 6.21 Å². The summed E-state index contributed by atoms with van der Waals surface area (Å²) in [7, 11) is 0. The van der Waals surface area contributed by atoms with Crippen molar-refractivity contribution in [1.29, 1.82) is 0 Å². The zero-order chi connectivity index (χ0) is 18.4. The highest BCUT2D eigenvalue weighted by atomic mass is 127. The third kappa shape index (κ3) is 4.95. The molecule has 5 nitrogen and oxygen atoms in total. The van der Waals surface area contributed by atoms with Gasteiger partial charge in [0, 0.05) is 16.4 Å². The van der Waals surface area contributed by atoms with Crippen molar-refractivity contribution in [1.82, 2.24) is 9.99 Å². The van der Waals surface area contributed by atoms with Crippen LogP contribution >= 0.6 is 38.5 Å². The second kappa shape index (κ2) is 9.00. The van der Waals surface area contributed by atoms with Gasteiger partial charge in [0.1, 0.15) is 5.75 Å². The van der Waals surface area contributed by atoms with Gasteiger partial charge >= 0.3 is 0 Å². The zero-order valence-electron chi connectivity index (χ0n) is 13.6. The summed E-state index contributed by atoms with van der Waals surface area (Å²) in [6.07, 6.45) is 3.54. The number of ether oxygens (including phenoxy) is 1. The van der Waals surface area contributed by atoms with E-state index < -0.39 is 0 Å². The topological polar surface area (TPSA) is 55.6 Å². The molecule has 0 atom stereocenters. The van der Waals surface area contributed by atoms with E-state index in [0.717, 1.165) is 19.4 Å². The smallest absolute Gasteiger partial charge is 0.277 e. The number of nitrogens with zero attached hydrogens (tertiary/aromatic N) is 2. The lowest BCUT2D eigenvalue weighted by Gasteiger charge is -2.07. The molecule has 0 fully saturated rings. The molecule has 0 unspecified atom stereocenters. The van der Waals surface area contributed by atoms with Gasteiger partial charge in [-0.2, -0.15) is 5.10 Å². The molecule has 0 aliphatic carbocycles. The van der Waals surface area contributed by atoms with E-state index in [2.05, 4.69) is 49.0 Å². The normalized spacial score (nSPS) is 10.8. The average Bonchev–Trinajstić information content (AvgIpc) is 3.10. The fourth-order valence-corrected chi connectivity index (χ4v) is 3.05.